The summed E-state index contributed by atoms with van der Waals surface area (Å²) in [7, 11) is 0. The molecule has 0 saturated carbocycles. The Morgan fingerprint density at radius 2 is 2.07 bits per heavy atom. The van der Waals surface area contributed by atoms with Crippen LogP contribution in [0, 0.1) is 0 Å². The first kappa shape index (κ1) is 10.2. The molecule has 1 aliphatic rings. The Morgan fingerprint density at radius 1 is 1.33 bits per heavy atom. The molecule has 0 amide bonds. The van der Waals surface area contributed by atoms with Crippen LogP contribution in [0.4, 0.5) is 0 Å². The average Bonchev–Trinajstić information content (AvgIpc) is 2.30. The van der Waals surface area contributed by atoms with E-state index in [2.05, 4.69) is 4.99 Å². The van der Waals surface area contributed by atoms with Crippen LogP contribution in [-0.2, 0) is 4.79 Å². The molecule has 1 aromatic carbocycles. The molecule has 0 fully saturated rings. The van der Waals surface area contributed by atoms with Crippen LogP contribution in [0.5, 0.6) is 0 Å². The molecule has 2 nitrogen and oxygen atoms in total. The molecule has 0 radical (unpaired) electrons. The topological polar surface area (TPSA) is 29.4 Å². The number of aldehydes is 1. The van der Waals surface area contributed by atoms with Crippen molar-refractivity contribution >= 4 is 23.1 Å². The van der Waals surface area contributed by atoms with Crippen molar-refractivity contribution in [3.05, 3.63) is 47.7 Å². The maximum absolute atomic E-state index is 10.7. The van der Waals surface area contributed by atoms with Gasteiger partial charge in [0.05, 0.1) is 0 Å². The number of carbonyl (C=O) groups is 1. The minimum Gasteiger partial charge on any atom is -0.298 e. The summed E-state index contributed by atoms with van der Waals surface area (Å²) in [4.78, 5) is 15.0. The van der Waals surface area contributed by atoms with Crippen molar-refractivity contribution in [1.82, 2.24) is 0 Å². The number of carbonyl (C=O) groups excluding carboxylic acids is 1. The monoisotopic (exact) mass is 217 g/mol. The maximum atomic E-state index is 10.7. The molecular weight excluding hydrogens is 206 g/mol. The quantitative estimate of drug-likeness (QED) is 0.713. The van der Waals surface area contributed by atoms with Gasteiger partial charge in [0.1, 0.15) is 11.3 Å². The fourth-order valence-electron chi connectivity index (χ4n) is 1.35. The summed E-state index contributed by atoms with van der Waals surface area (Å²) in [6.07, 6.45) is 2.54. The van der Waals surface area contributed by atoms with Crippen molar-refractivity contribution in [2.45, 2.75) is 12.2 Å². The third kappa shape index (κ3) is 2.18. The Labute approximate surface area is 93.1 Å². The van der Waals surface area contributed by atoms with Crippen LogP contribution in [0.25, 0.3) is 0 Å². The second-order valence-electron chi connectivity index (χ2n) is 3.31. The summed E-state index contributed by atoms with van der Waals surface area (Å²) < 4.78 is 0. The molecule has 1 atom stereocenters. The Balaban J connectivity index is 2.31. The zero-order valence-electron chi connectivity index (χ0n) is 8.38. The van der Waals surface area contributed by atoms with E-state index in [9.17, 15) is 4.79 Å². The van der Waals surface area contributed by atoms with E-state index >= 15 is 0 Å². The molecule has 0 N–H and O–H groups in total. The molecule has 1 unspecified atom stereocenters. The second-order valence-corrected chi connectivity index (χ2v) is 4.64. The first-order valence-corrected chi connectivity index (χ1v) is 5.64. The van der Waals surface area contributed by atoms with Gasteiger partial charge in [-0.05, 0) is 6.92 Å². The molecule has 3 heteroatoms. The van der Waals surface area contributed by atoms with Crippen molar-refractivity contribution in [1.29, 1.82) is 0 Å². The van der Waals surface area contributed by atoms with Gasteiger partial charge in [0, 0.05) is 22.6 Å². The van der Waals surface area contributed by atoms with Crippen molar-refractivity contribution in [3.8, 4) is 0 Å². The van der Waals surface area contributed by atoms with E-state index in [0.717, 1.165) is 22.5 Å². The Hall–Kier alpha value is -1.35. The van der Waals surface area contributed by atoms with Gasteiger partial charge in [-0.25, -0.2) is 4.99 Å². The summed E-state index contributed by atoms with van der Waals surface area (Å²) >= 11 is 1.62. The number of rotatable bonds is 2. The van der Waals surface area contributed by atoms with E-state index in [1.165, 1.54) is 0 Å². The first-order chi connectivity index (χ1) is 7.31. The van der Waals surface area contributed by atoms with E-state index in [1.54, 1.807) is 18.0 Å². The molecule has 2 rings (SSSR count). The van der Waals surface area contributed by atoms with Gasteiger partial charge in [0.2, 0.25) is 0 Å². The average molecular weight is 217 g/mol. The molecule has 0 aliphatic carbocycles. The molecule has 1 heterocycles. The van der Waals surface area contributed by atoms with Crippen LogP contribution < -0.4 is 0 Å². The second kappa shape index (κ2) is 4.45. The summed E-state index contributed by atoms with van der Waals surface area (Å²) in [6.45, 7) is 2.02. The highest BCUT2D eigenvalue weighted by molar-refractivity contribution is 8.15. The molecule has 0 saturated heterocycles. The maximum Gasteiger partial charge on any atom is 0.148 e. The Kier molecular flexibility index (Phi) is 3.02. The molecule has 76 valence electrons. The first-order valence-electron chi connectivity index (χ1n) is 4.76. The molecule has 0 bridgehead atoms. The highest BCUT2D eigenvalue weighted by atomic mass is 32.2. The molecule has 1 aromatic rings. The lowest BCUT2D eigenvalue weighted by atomic mass is 10.2. The predicted octanol–water partition coefficient (Wildman–Crippen LogP) is 2.65. The number of thioether (sulfide) groups is 1. The number of aliphatic imine (C=N–C) groups is 1. The van der Waals surface area contributed by atoms with Crippen LogP contribution in [0.2, 0.25) is 0 Å². The van der Waals surface area contributed by atoms with Gasteiger partial charge in [0.25, 0.3) is 0 Å². The van der Waals surface area contributed by atoms with Gasteiger partial charge < -0.3 is 0 Å². The standard InChI is InChI=1S/C12H11NOS/c1-9-11(8-14)7-13-12(15-9)10-5-3-2-4-6-10/h2-9H,1H3. The highest BCUT2D eigenvalue weighted by Crippen LogP contribution is 2.27. The lowest BCUT2D eigenvalue weighted by Gasteiger charge is -2.16. The third-order valence-electron chi connectivity index (χ3n) is 2.25. The van der Waals surface area contributed by atoms with Gasteiger partial charge in [-0.15, -0.1) is 0 Å². The van der Waals surface area contributed by atoms with Gasteiger partial charge in [-0.2, -0.15) is 0 Å². The summed E-state index contributed by atoms with van der Waals surface area (Å²) in [5, 5.41) is 1.17. The minimum absolute atomic E-state index is 0.190. The van der Waals surface area contributed by atoms with Crippen LogP contribution in [0.1, 0.15) is 12.5 Å². The van der Waals surface area contributed by atoms with Crippen LogP contribution in [0.15, 0.2) is 47.1 Å². The summed E-state index contributed by atoms with van der Waals surface area (Å²) in [5.41, 5.74) is 1.86. The number of benzene rings is 1. The zero-order chi connectivity index (χ0) is 10.7. The van der Waals surface area contributed by atoms with Crippen LogP contribution >= 0.6 is 11.8 Å². The fourth-order valence-corrected chi connectivity index (χ4v) is 2.33. The van der Waals surface area contributed by atoms with Crippen molar-refractivity contribution < 1.29 is 4.79 Å². The summed E-state index contributed by atoms with van der Waals surface area (Å²) in [5.74, 6) is 0. The van der Waals surface area contributed by atoms with E-state index in [1.807, 2.05) is 37.3 Å². The number of nitrogens with zero attached hydrogens (tertiary/aromatic N) is 1. The van der Waals surface area contributed by atoms with Gasteiger partial charge in [-0.3, -0.25) is 4.79 Å². The largest absolute Gasteiger partial charge is 0.298 e. The van der Waals surface area contributed by atoms with Crippen LogP contribution in [0.3, 0.4) is 0 Å². The normalized spacial score (nSPS) is 20.5. The molecule has 1 aliphatic heterocycles. The molecular formula is C12H11NOS. The Bertz CT molecular complexity index is 423. The van der Waals surface area contributed by atoms with Crippen LogP contribution in [-0.4, -0.2) is 16.6 Å². The SMILES string of the molecule is CC1SC(c2ccccc2)=NC=C1C=O. The fraction of sp³-hybridized carbons (Fsp3) is 0.167. The predicted molar refractivity (Wildman–Crippen MR) is 64.2 cm³/mol. The lowest BCUT2D eigenvalue weighted by Crippen LogP contribution is -2.11. The molecule has 0 aromatic heterocycles. The number of hydrogen-bond acceptors (Lipinski definition) is 3. The van der Waals surface area contributed by atoms with Crippen molar-refractivity contribution in [3.63, 3.8) is 0 Å². The third-order valence-corrected chi connectivity index (χ3v) is 3.44. The van der Waals surface area contributed by atoms with E-state index in [-0.39, 0.29) is 5.25 Å². The zero-order valence-corrected chi connectivity index (χ0v) is 9.20. The van der Waals surface area contributed by atoms with E-state index in [0.29, 0.717) is 0 Å². The lowest BCUT2D eigenvalue weighted by molar-refractivity contribution is -0.105. The Morgan fingerprint density at radius 3 is 2.67 bits per heavy atom. The van der Waals surface area contributed by atoms with Crippen molar-refractivity contribution in [2.75, 3.05) is 0 Å². The molecule has 15 heavy (non-hydrogen) atoms. The smallest absolute Gasteiger partial charge is 0.148 e. The van der Waals surface area contributed by atoms with Gasteiger partial charge in [-0.1, -0.05) is 42.1 Å². The van der Waals surface area contributed by atoms with E-state index in [4.69, 9.17) is 0 Å². The highest BCUT2D eigenvalue weighted by Gasteiger charge is 2.17. The van der Waals surface area contributed by atoms with Crippen molar-refractivity contribution in [2.24, 2.45) is 4.99 Å². The van der Waals surface area contributed by atoms with Gasteiger partial charge in [0.15, 0.2) is 0 Å². The minimum atomic E-state index is 0.190. The molecule has 0 spiro atoms. The number of hydrogen-bond donors (Lipinski definition) is 0. The van der Waals surface area contributed by atoms with Gasteiger partial charge >= 0.3 is 0 Å². The van der Waals surface area contributed by atoms with E-state index < -0.39 is 0 Å². The summed E-state index contributed by atoms with van der Waals surface area (Å²) in [6, 6.07) is 10.0.